The van der Waals surface area contributed by atoms with Crippen LogP contribution in [0.15, 0.2) is 42.5 Å². The lowest BCUT2D eigenvalue weighted by molar-refractivity contribution is 0.0108. The van der Waals surface area contributed by atoms with E-state index in [2.05, 4.69) is 36.3 Å². The minimum Gasteiger partial charge on any atom is -0.491 e. The quantitative estimate of drug-likeness (QED) is 0.623. The molecule has 8 nitrogen and oxygen atoms in total. The van der Waals surface area contributed by atoms with Crippen molar-refractivity contribution >= 4 is 23.3 Å². The van der Waals surface area contributed by atoms with Gasteiger partial charge in [-0.05, 0) is 62.2 Å². The second kappa shape index (κ2) is 12.7. The summed E-state index contributed by atoms with van der Waals surface area (Å²) < 4.78 is 25.3. The SMILES string of the molecule is CCCN1C[C@@H](C)[C@H](OC)CN(C)C(=O)c2cc(NC(=O)Nc3cccc(F)c3)ccc2OC[C@@H]1C. The van der Waals surface area contributed by atoms with E-state index in [-0.39, 0.29) is 24.0 Å². The molecule has 2 aromatic rings. The minimum atomic E-state index is -0.549. The van der Waals surface area contributed by atoms with Crippen molar-refractivity contribution in [3.8, 4) is 5.75 Å². The lowest BCUT2D eigenvalue weighted by atomic mass is 10.0. The highest BCUT2D eigenvalue weighted by atomic mass is 19.1. The van der Waals surface area contributed by atoms with Crippen LogP contribution in [0.1, 0.15) is 37.6 Å². The topological polar surface area (TPSA) is 83.1 Å². The Kier molecular flexibility index (Phi) is 9.66. The number of likely N-dealkylation sites (N-methyl/N-ethyl adjacent to an activating group) is 1. The Morgan fingerprint density at radius 1 is 1.14 bits per heavy atom. The number of nitrogens with one attached hydrogen (secondary N) is 2. The third-order valence-corrected chi connectivity index (χ3v) is 6.42. The minimum absolute atomic E-state index is 0.132. The fraction of sp³-hybridized carbons (Fsp3) is 0.481. The van der Waals surface area contributed by atoms with Crippen molar-refractivity contribution < 1.29 is 23.5 Å². The van der Waals surface area contributed by atoms with Gasteiger partial charge in [-0.15, -0.1) is 0 Å². The van der Waals surface area contributed by atoms with Crippen LogP contribution >= 0.6 is 0 Å². The Balaban J connectivity index is 1.86. The standard InChI is InChI=1S/C27H37FN4O4/c1-6-12-32-15-18(2)25(35-5)16-31(4)26(33)23-14-22(10-11-24(23)36-17-19(32)3)30-27(34)29-21-9-7-8-20(28)13-21/h7-11,13-14,18-19,25H,6,12,15-17H2,1-5H3,(H2,29,30,34)/t18-,19+,25-/m1/s1. The Hall–Kier alpha value is -3.17. The Morgan fingerprint density at radius 3 is 2.53 bits per heavy atom. The molecule has 3 amide bonds. The van der Waals surface area contributed by atoms with Crippen molar-refractivity contribution in [1.82, 2.24) is 9.80 Å². The van der Waals surface area contributed by atoms with E-state index in [1.54, 1.807) is 43.3 Å². The molecular weight excluding hydrogens is 463 g/mol. The molecule has 0 saturated heterocycles. The number of hydrogen-bond donors (Lipinski definition) is 2. The van der Waals surface area contributed by atoms with Crippen LogP contribution in [0.3, 0.4) is 0 Å². The average molecular weight is 501 g/mol. The molecule has 3 rings (SSSR count). The zero-order valence-corrected chi connectivity index (χ0v) is 21.7. The zero-order chi connectivity index (χ0) is 26.2. The Bertz CT molecular complexity index is 1050. The van der Waals surface area contributed by atoms with Crippen molar-refractivity contribution in [3.63, 3.8) is 0 Å². The molecule has 36 heavy (non-hydrogen) atoms. The summed E-state index contributed by atoms with van der Waals surface area (Å²) in [6.07, 6.45) is 0.892. The first-order chi connectivity index (χ1) is 17.2. The van der Waals surface area contributed by atoms with E-state index < -0.39 is 11.8 Å². The third-order valence-electron chi connectivity index (χ3n) is 6.42. The van der Waals surface area contributed by atoms with Crippen LogP contribution in [0, 0.1) is 11.7 Å². The maximum Gasteiger partial charge on any atom is 0.323 e. The molecule has 2 aromatic carbocycles. The summed E-state index contributed by atoms with van der Waals surface area (Å²) in [6.45, 7) is 9.04. The molecule has 196 valence electrons. The molecule has 0 spiro atoms. The van der Waals surface area contributed by atoms with Crippen LogP contribution in [-0.2, 0) is 4.74 Å². The first-order valence-electron chi connectivity index (χ1n) is 12.3. The van der Waals surface area contributed by atoms with Gasteiger partial charge in [0.15, 0.2) is 0 Å². The van der Waals surface area contributed by atoms with Gasteiger partial charge in [0, 0.05) is 44.7 Å². The summed E-state index contributed by atoms with van der Waals surface area (Å²) >= 11 is 0. The number of fused-ring (bicyclic) bond motifs is 1. The number of amides is 3. The van der Waals surface area contributed by atoms with Crippen molar-refractivity contribution in [2.75, 3.05) is 51.0 Å². The number of anilines is 2. The highest BCUT2D eigenvalue weighted by Gasteiger charge is 2.28. The number of hydrogen-bond acceptors (Lipinski definition) is 5. The fourth-order valence-electron chi connectivity index (χ4n) is 4.39. The van der Waals surface area contributed by atoms with Crippen LogP contribution in [0.25, 0.3) is 0 Å². The number of carbonyl (C=O) groups is 2. The molecule has 3 atom stereocenters. The summed E-state index contributed by atoms with van der Waals surface area (Å²) in [5.74, 6) is -0.0210. The van der Waals surface area contributed by atoms with E-state index in [9.17, 15) is 14.0 Å². The number of nitrogens with zero attached hydrogens (tertiary/aromatic N) is 2. The number of ether oxygens (including phenoxy) is 2. The van der Waals surface area contributed by atoms with Gasteiger partial charge in [0.1, 0.15) is 18.2 Å². The molecule has 0 radical (unpaired) electrons. The largest absolute Gasteiger partial charge is 0.491 e. The summed E-state index contributed by atoms with van der Waals surface area (Å²) in [5, 5.41) is 5.30. The smallest absolute Gasteiger partial charge is 0.323 e. The molecule has 2 N–H and O–H groups in total. The summed E-state index contributed by atoms with van der Waals surface area (Å²) in [4.78, 5) is 29.9. The highest BCUT2D eigenvalue weighted by molar-refractivity contribution is 6.02. The summed E-state index contributed by atoms with van der Waals surface area (Å²) in [6, 6.07) is 10.2. The summed E-state index contributed by atoms with van der Waals surface area (Å²) in [7, 11) is 3.41. The molecule has 1 heterocycles. The maximum atomic E-state index is 13.4. The summed E-state index contributed by atoms with van der Waals surface area (Å²) in [5.41, 5.74) is 1.08. The van der Waals surface area contributed by atoms with Gasteiger partial charge in [0.25, 0.3) is 5.91 Å². The molecule has 0 aliphatic carbocycles. The van der Waals surface area contributed by atoms with E-state index in [1.165, 1.54) is 18.2 Å². The van der Waals surface area contributed by atoms with Gasteiger partial charge in [-0.25, -0.2) is 9.18 Å². The Morgan fingerprint density at radius 2 is 1.86 bits per heavy atom. The highest BCUT2D eigenvalue weighted by Crippen LogP contribution is 2.26. The van der Waals surface area contributed by atoms with E-state index in [0.29, 0.717) is 35.8 Å². The van der Waals surface area contributed by atoms with Crippen LogP contribution in [0.4, 0.5) is 20.6 Å². The van der Waals surface area contributed by atoms with Gasteiger partial charge in [-0.3, -0.25) is 9.69 Å². The number of halogens is 1. The molecule has 1 aliphatic rings. The number of rotatable bonds is 5. The fourth-order valence-corrected chi connectivity index (χ4v) is 4.39. The molecule has 9 heteroatoms. The molecule has 0 aromatic heterocycles. The Labute approximate surface area is 212 Å². The predicted molar refractivity (Wildman–Crippen MR) is 139 cm³/mol. The van der Waals surface area contributed by atoms with Gasteiger partial charge < -0.3 is 25.0 Å². The maximum absolute atomic E-state index is 13.4. The average Bonchev–Trinajstić information content (AvgIpc) is 2.84. The molecule has 0 fully saturated rings. The van der Waals surface area contributed by atoms with Gasteiger partial charge >= 0.3 is 6.03 Å². The molecule has 0 unspecified atom stereocenters. The molecule has 1 aliphatic heterocycles. The monoisotopic (exact) mass is 500 g/mol. The van der Waals surface area contributed by atoms with Crippen molar-refractivity contribution in [1.29, 1.82) is 0 Å². The second-order valence-electron chi connectivity index (χ2n) is 9.39. The van der Waals surface area contributed by atoms with E-state index >= 15 is 0 Å². The number of carbonyl (C=O) groups excluding carboxylic acids is 2. The van der Waals surface area contributed by atoms with Crippen LogP contribution in [0.5, 0.6) is 5.75 Å². The van der Waals surface area contributed by atoms with E-state index in [0.717, 1.165) is 19.5 Å². The van der Waals surface area contributed by atoms with Crippen LogP contribution in [0.2, 0.25) is 0 Å². The third kappa shape index (κ3) is 7.18. The zero-order valence-electron chi connectivity index (χ0n) is 21.7. The number of benzene rings is 2. The molecule has 0 bridgehead atoms. The molecular formula is C27H37FN4O4. The number of urea groups is 1. The first kappa shape index (κ1) is 27.4. The van der Waals surface area contributed by atoms with E-state index in [4.69, 9.17) is 9.47 Å². The van der Waals surface area contributed by atoms with Gasteiger partial charge in [-0.2, -0.15) is 0 Å². The van der Waals surface area contributed by atoms with Crippen LogP contribution < -0.4 is 15.4 Å². The first-order valence-corrected chi connectivity index (χ1v) is 12.3. The normalized spacial score (nSPS) is 21.6. The lowest BCUT2D eigenvalue weighted by Crippen LogP contribution is -2.46. The van der Waals surface area contributed by atoms with Crippen LogP contribution in [-0.4, -0.2) is 74.3 Å². The van der Waals surface area contributed by atoms with E-state index in [1.807, 2.05) is 0 Å². The van der Waals surface area contributed by atoms with Gasteiger partial charge in [0.2, 0.25) is 0 Å². The second-order valence-corrected chi connectivity index (χ2v) is 9.39. The van der Waals surface area contributed by atoms with Crippen molar-refractivity contribution in [3.05, 3.63) is 53.8 Å². The lowest BCUT2D eigenvalue weighted by Gasteiger charge is -2.35. The van der Waals surface area contributed by atoms with Crippen molar-refractivity contribution in [2.45, 2.75) is 39.3 Å². The predicted octanol–water partition coefficient (Wildman–Crippen LogP) is 4.69. The van der Waals surface area contributed by atoms with Gasteiger partial charge in [-0.1, -0.05) is 19.9 Å². The van der Waals surface area contributed by atoms with Crippen molar-refractivity contribution in [2.24, 2.45) is 5.92 Å². The molecule has 0 saturated carbocycles. The number of methoxy groups -OCH3 is 1. The van der Waals surface area contributed by atoms with Gasteiger partial charge in [0.05, 0.1) is 11.7 Å².